The number of hydrogen-bond donors (Lipinski definition) is 2. The van der Waals surface area contributed by atoms with Gasteiger partial charge >= 0.3 is 0 Å². The second kappa shape index (κ2) is 3.35. The molecule has 1 heterocycles. The standard InChI is InChI=1S/C11H13NO2/c1-7(13)10-5-8-3-4-9(14-2)6-11(8)12-10/h3-7,12-13H,1-2H3. The van der Waals surface area contributed by atoms with Crippen molar-refractivity contribution < 1.29 is 9.84 Å². The predicted octanol–water partition coefficient (Wildman–Crippen LogP) is 2.23. The van der Waals surface area contributed by atoms with Crippen LogP contribution in [0.2, 0.25) is 0 Å². The molecule has 3 heteroatoms. The van der Waals surface area contributed by atoms with Gasteiger partial charge in [0.25, 0.3) is 0 Å². The number of aliphatic hydroxyl groups excluding tert-OH is 1. The fraction of sp³-hybridized carbons (Fsp3) is 0.273. The molecule has 0 spiro atoms. The average molecular weight is 191 g/mol. The Morgan fingerprint density at radius 2 is 2.14 bits per heavy atom. The largest absolute Gasteiger partial charge is 0.497 e. The van der Waals surface area contributed by atoms with Gasteiger partial charge in [-0.15, -0.1) is 0 Å². The number of aromatic nitrogens is 1. The number of rotatable bonds is 2. The normalized spacial score (nSPS) is 13.1. The summed E-state index contributed by atoms with van der Waals surface area (Å²) in [5, 5.41) is 10.5. The van der Waals surface area contributed by atoms with E-state index in [9.17, 15) is 5.11 Å². The van der Waals surface area contributed by atoms with Crippen molar-refractivity contribution in [1.29, 1.82) is 0 Å². The molecule has 0 aliphatic carbocycles. The van der Waals surface area contributed by atoms with Crippen LogP contribution < -0.4 is 4.74 Å². The Balaban J connectivity index is 2.54. The van der Waals surface area contributed by atoms with E-state index in [1.807, 2.05) is 24.3 Å². The number of methoxy groups -OCH3 is 1. The van der Waals surface area contributed by atoms with E-state index in [2.05, 4.69) is 4.98 Å². The highest BCUT2D eigenvalue weighted by molar-refractivity contribution is 5.81. The van der Waals surface area contributed by atoms with Crippen molar-refractivity contribution >= 4 is 10.9 Å². The number of aromatic amines is 1. The second-order valence-electron chi connectivity index (χ2n) is 3.35. The molecular formula is C11H13NO2. The smallest absolute Gasteiger partial charge is 0.120 e. The van der Waals surface area contributed by atoms with Crippen LogP contribution in [0.15, 0.2) is 24.3 Å². The molecule has 3 nitrogen and oxygen atoms in total. The van der Waals surface area contributed by atoms with Crippen LogP contribution in [0.3, 0.4) is 0 Å². The van der Waals surface area contributed by atoms with Gasteiger partial charge < -0.3 is 14.8 Å². The highest BCUT2D eigenvalue weighted by atomic mass is 16.5. The maximum Gasteiger partial charge on any atom is 0.120 e. The van der Waals surface area contributed by atoms with E-state index in [1.165, 1.54) is 0 Å². The van der Waals surface area contributed by atoms with Crippen LogP contribution >= 0.6 is 0 Å². The van der Waals surface area contributed by atoms with Crippen LogP contribution in [0.25, 0.3) is 10.9 Å². The van der Waals surface area contributed by atoms with Gasteiger partial charge in [0.1, 0.15) is 5.75 Å². The van der Waals surface area contributed by atoms with E-state index in [0.717, 1.165) is 22.3 Å². The fourth-order valence-corrected chi connectivity index (χ4v) is 1.48. The van der Waals surface area contributed by atoms with Gasteiger partial charge in [0.15, 0.2) is 0 Å². The Morgan fingerprint density at radius 3 is 2.79 bits per heavy atom. The van der Waals surface area contributed by atoms with Gasteiger partial charge in [-0.1, -0.05) is 0 Å². The molecule has 0 saturated carbocycles. The highest BCUT2D eigenvalue weighted by Crippen LogP contribution is 2.23. The van der Waals surface area contributed by atoms with Crippen LogP contribution in [-0.4, -0.2) is 17.2 Å². The second-order valence-corrected chi connectivity index (χ2v) is 3.35. The maximum absolute atomic E-state index is 9.39. The summed E-state index contributed by atoms with van der Waals surface area (Å²) in [6.07, 6.45) is -0.464. The molecule has 0 fully saturated rings. The van der Waals surface area contributed by atoms with Crippen molar-refractivity contribution in [2.45, 2.75) is 13.0 Å². The van der Waals surface area contributed by atoms with E-state index in [0.29, 0.717) is 0 Å². The third-order valence-electron chi connectivity index (χ3n) is 2.30. The van der Waals surface area contributed by atoms with Crippen LogP contribution in [-0.2, 0) is 0 Å². The third kappa shape index (κ3) is 1.46. The van der Waals surface area contributed by atoms with Crippen molar-refractivity contribution in [2.24, 2.45) is 0 Å². The van der Waals surface area contributed by atoms with Crippen LogP contribution in [0.4, 0.5) is 0 Å². The minimum Gasteiger partial charge on any atom is -0.497 e. The predicted molar refractivity (Wildman–Crippen MR) is 55.5 cm³/mol. The molecule has 2 aromatic rings. The molecule has 1 aromatic heterocycles. The molecule has 0 bridgehead atoms. The Hall–Kier alpha value is -1.48. The average Bonchev–Trinajstić information content (AvgIpc) is 2.59. The van der Waals surface area contributed by atoms with Crippen molar-refractivity contribution in [1.82, 2.24) is 4.98 Å². The minimum absolute atomic E-state index is 0.464. The van der Waals surface area contributed by atoms with Gasteiger partial charge in [0, 0.05) is 22.7 Å². The number of fused-ring (bicyclic) bond motifs is 1. The molecule has 1 aromatic carbocycles. The lowest BCUT2D eigenvalue weighted by Gasteiger charge is -1.98. The molecular weight excluding hydrogens is 178 g/mol. The van der Waals surface area contributed by atoms with Gasteiger partial charge in [-0.25, -0.2) is 0 Å². The Labute approximate surface area is 82.3 Å². The molecule has 0 aliphatic heterocycles. The summed E-state index contributed by atoms with van der Waals surface area (Å²) < 4.78 is 5.11. The van der Waals surface area contributed by atoms with Gasteiger partial charge in [-0.2, -0.15) is 0 Å². The van der Waals surface area contributed by atoms with Gasteiger partial charge in [0.2, 0.25) is 0 Å². The Kier molecular flexibility index (Phi) is 2.17. The zero-order valence-corrected chi connectivity index (χ0v) is 8.24. The van der Waals surface area contributed by atoms with Gasteiger partial charge in [0.05, 0.1) is 13.2 Å². The number of ether oxygens (including phenoxy) is 1. The summed E-state index contributed by atoms with van der Waals surface area (Å²) in [5.74, 6) is 0.816. The number of H-pyrrole nitrogens is 1. The maximum atomic E-state index is 9.39. The highest BCUT2D eigenvalue weighted by Gasteiger charge is 2.05. The number of aliphatic hydroxyl groups is 1. The lowest BCUT2D eigenvalue weighted by molar-refractivity contribution is 0.195. The summed E-state index contributed by atoms with van der Waals surface area (Å²) in [7, 11) is 1.64. The Bertz CT molecular complexity index is 445. The summed E-state index contributed by atoms with van der Waals surface area (Å²) in [5.41, 5.74) is 1.81. The minimum atomic E-state index is -0.464. The number of benzene rings is 1. The monoisotopic (exact) mass is 191 g/mol. The molecule has 0 amide bonds. The van der Waals surface area contributed by atoms with Crippen LogP contribution in [0.5, 0.6) is 5.75 Å². The van der Waals surface area contributed by atoms with E-state index < -0.39 is 6.10 Å². The molecule has 0 saturated heterocycles. The van der Waals surface area contributed by atoms with E-state index in [1.54, 1.807) is 14.0 Å². The molecule has 2 rings (SSSR count). The quantitative estimate of drug-likeness (QED) is 0.764. The lowest BCUT2D eigenvalue weighted by Crippen LogP contribution is -1.89. The summed E-state index contributed by atoms with van der Waals surface area (Å²) in [6.45, 7) is 1.74. The first kappa shape index (κ1) is 9.09. The SMILES string of the molecule is COc1ccc2cc(C(C)O)[nH]c2c1. The number of nitrogens with one attached hydrogen (secondary N) is 1. The van der Waals surface area contributed by atoms with E-state index in [4.69, 9.17) is 4.74 Å². The number of hydrogen-bond acceptors (Lipinski definition) is 2. The van der Waals surface area contributed by atoms with E-state index >= 15 is 0 Å². The fourth-order valence-electron chi connectivity index (χ4n) is 1.48. The van der Waals surface area contributed by atoms with Crippen molar-refractivity contribution in [2.75, 3.05) is 7.11 Å². The molecule has 74 valence electrons. The molecule has 1 unspecified atom stereocenters. The van der Waals surface area contributed by atoms with Crippen LogP contribution in [0, 0.1) is 0 Å². The zero-order chi connectivity index (χ0) is 10.1. The third-order valence-corrected chi connectivity index (χ3v) is 2.30. The molecule has 1 atom stereocenters. The van der Waals surface area contributed by atoms with Crippen molar-refractivity contribution in [3.63, 3.8) is 0 Å². The summed E-state index contributed by atoms with van der Waals surface area (Å²) in [6, 6.07) is 7.74. The van der Waals surface area contributed by atoms with Crippen LogP contribution in [0.1, 0.15) is 18.7 Å². The zero-order valence-electron chi connectivity index (χ0n) is 8.24. The van der Waals surface area contributed by atoms with Gasteiger partial charge in [-0.05, 0) is 25.1 Å². The first-order valence-electron chi connectivity index (χ1n) is 4.55. The summed E-state index contributed by atoms with van der Waals surface area (Å²) >= 11 is 0. The summed E-state index contributed by atoms with van der Waals surface area (Å²) in [4.78, 5) is 3.14. The first-order valence-corrected chi connectivity index (χ1v) is 4.55. The molecule has 0 aliphatic rings. The van der Waals surface area contributed by atoms with Crippen molar-refractivity contribution in [3.05, 3.63) is 30.0 Å². The topological polar surface area (TPSA) is 45.2 Å². The molecule has 14 heavy (non-hydrogen) atoms. The van der Waals surface area contributed by atoms with Crippen molar-refractivity contribution in [3.8, 4) is 5.75 Å². The first-order chi connectivity index (χ1) is 6.70. The Morgan fingerprint density at radius 1 is 1.36 bits per heavy atom. The van der Waals surface area contributed by atoms with E-state index in [-0.39, 0.29) is 0 Å². The lowest BCUT2D eigenvalue weighted by atomic mass is 10.2. The molecule has 2 N–H and O–H groups in total. The van der Waals surface area contributed by atoms with Gasteiger partial charge in [-0.3, -0.25) is 0 Å². The molecule has 0 radical (unpaired) electrons.